The lowest BCUT2D eigenvalue weighted by Crippen LogP contribution is -2.13. The first-order valence-electron chi connectivity index (χ1n) is 13.2. The van der Waals surface area contributed by atoms with Crippen LogP contribution < -0.4 is 43.2 Å². The minimum Gasteiger partial charge on any atom is -0.493 e. The normalized spacial score (nSPS) is 15.5. The van der Waals surface area contributed by atoms with Crippen LogP contribution in [0, 0.1) is 5.92 Å². The average molecular weight is 580 g/mol. The number of ether oxygens (including phenoxy) is 8. The van der Waals surface area contributed by atoms with E-state index in [9.17, 15) is 4.79 Å². The van der Waals surface area contributed by atoms with Gasteiger partial charge >= 0.3 is 0 Å². The summed E-state index contributed by atoms with van der Waals surface area (Å²) >= 11 is 0. The second-order valence-electron chi connectivity index (χ2n) is 9.43. The van der Waals surface area contributed by atoms with Crippen LogP contribution in [0.15, 0.2) is 36.4 Å². The van der Waals surface area contributed by atoms with Gasteiger partial charge < -0.3 is 43.2 Å². The summed E-state index contributed by atoms with van der Waals surface area (Å²) in [5, 5.41) is 3.53. The van der Waals surface area contributed by atoms with Gasteiger partial charge in [0.15, 0.2) is 40.3 Å². The van der Waals surface area contributed by atoms with Crippen molar-refractivity contribution in [3.63, 3.8) is 0 Å². The van der Waals surface area contributed by atoms with Crippen molar-refractivity contribution in [1.82, 2.24) is 0 Å². The van der Waals surface area contributed by atoms with Crippen molar-refractivity contribution in [2.75, 3.05) is 62.2 Å². The van der Waals surface area contributed by atoms with Crippen LogP contribution in [0.2, 0.25) is 0 Å². The van der Waals surface area contributed by atoms with Crippen LogP contribution in [0.3, 0.4) is 0 Å². The first-order valence-corrected chi connectivity index (χ1v) is 13.2. The van der Waals surface area contributed by atoms with Gasteiger partial charge in [-0.2, -0.15) is 0 Å². The average Bonchev–Trinajstić information content (AvgIpc) is 3.80. The highest BCUT2D eigenvalue weighted by Gasteiger charge is 2.44. The molecule has 3 aromatic carbocycles. The van der Waals surface area contributed by atoms with E-state index in [4.69, 9.17) is 37.9 Å². The lowest BCUT2D eigenvalue weighted by atomic mass is 10.0. The summed E-state index contributed by atoms with van der Waals surface area (Å²) in [5.41, 5.74) is 2.88. The molecule has 2 unspecified atom stereocenters. The largest absolute Gasteiger partial charge is 0.493 e. The Bertz CT molecular complexity index is 1420. The molecule has 1 saturated carbocycles. The molecule has 1 aliphatic rings. The Labute approximate surface area is 246 Å². The topological polar surface area (TPSA) is 103 Å². The quantitative estimate of drug-likeness (QED) is 0.192. The molecule has 10 heteroatoms. The molecule has 0 saturated heterocycles. The number of hydrogen-bond acceptors (Lipinski definition) is 10. The van der Waals surface area contributed by atoms with Gasteiger partial charge in [-0.15, -0.1) is 0 Å². The fourth-order valence-corrected chi connectivity index (χ4v) is 4.88. The number of carbonyl (C=O) groups is 1. The molecule has 0 aliphatic heterocycles. The highest BCUT2D eigenvalue weighted by atomic mass is 16.5. The molecule has 42 heavy (non-hydrogen) atoms. The van der Waals surface area contributed by atoms with Gasteiger partial charge in [-0.25, -0.2) is 0 Å². The summed E-state index contributed by atoms with van der Waals surface area (Å²) in [6.07, 6.45) is 4.53. The van der Waals surface area contributed by atoms with Gasteiger partial charge in [0.2, 0.25) is 11.5 Å². The maximum Gasteiger partial charge on any atom is 0.203 e. The van der Waals surface area contributed by atoms with Crippen LogP contribution >= 0.6 is 0 Å². The first kappa shape index (κ1) is 30.2. The zero-order valence-corrected chi connectivity index (χ0v) is 25.2. The van der Waals surface area contributed by atoms with E-state index < -0.39 is 0 Å². The Balaban J connectivity index is 1.64. The van der Waals surface area contributed by atoms with Crippen molar-refractivity contribution in [1.29, 1.82) is 0 Å². The van der Waals surface area contributed by atoms with Crippen molar-refractivity contribution < 1.29 is 42.7 Å². The van der Waals surface area contributed by atoms with Gasteiger partial charge in [-0.1, -0.05) is 12.2 Å². The Hall–Kier alpha value is -4.73. The van der Waals surface area contributed by atoms with Gasteiger partial charge in [0.1, 0.15) is 0 Å². The molecule has 1 N–H and O–H groups in total. The van der Waals surface area contributed by atoms with Gasteiger partial charge in [-0.3, -0.25) is 4.79 Å². The first-order chi connectivity index (χ1) is 20.4. The highest BCUT2D eigenvalue weighted by molar-refractivity contribution is 6.01. The molecule has 1 aliphatic carbocycles. The minimum atomic E-state index is -0.254. The van der Waals surface area contributed by atoms with E-state index in [0.29, 0.717) is 63.7 Å². The third-order valence-electron chi connectivity index (χ3n) is 7.13. The monoisotopic (exact) mass is 579 g/mol. The molecule has 0 bridgehead atoms. The molecular formula is C32H37NO9. The zero-order chi connectivity index (χ0) is 30.4. The number of ketones is 1. The molecule has 0 spiro atoms. The van der Waals surface area contributed by atoms with Crippen LogP contribution in [0.1, 0.15) is 27.9 Å². The summed E-state index contributed by atoms with van der Waals surface area (Å²) in [6, 6.07) is 10.7. The fraction of sp³-hybridized carbons (Fsp3) is 0.344. The predicted octanol–water partition coefficient (Wildman–Crippen LogP) is 5.61. The third-order valence-corrected chi connectivity index (χ3v) is 7.13. The zero-order valence-electron chi connectivity index (χ0n) is 25.2. The highest BCUT2D eigenvalue weighted by Crippen LogP contribution is 2.46. The van der Waals surface area contributed by atoms with E-state index in [-0.39, 0.29) is 17.7 Å². The SMILES string of the molecule is COc1cc(/C=C\c2ccc(OC)c(OC)c2NC2CC2C(=O)c2cc(OC)c(OC)c(OC)c2)cc(OC)c1OC. The fourth-order valence-electron chi connectivity index (χ4n) is 4.88. The Morgan fingerprint density at radius 3 is 1.62 bits per heavy atom. The molecule has 0 heterocycles. The second-order valence-corrected chi connectivity index (χ2v) is 9.43. The third kappa shape index (κ3) is 5.97. The van der Waals surface area contributed by atoms with Crippen LogP contribution in [-0.2, 0) is 0 Å². The number of benzene rings is 3. The van der Waals surface area contributed by atoms with Gasteiger partial charge in [0.25, 0.3) is 0 Å². The summed E-state index contributed by atoms with van der Waals surface area (Å²) in [7, 11) is 12.5. The summed E-state index contributed by atoms with van der Waals surface area (Å²) < 4.78 is 44.0. The number of nitrogens with one attached hydrogen (secondary N) is 1. The number of anilines is 1. The smallest absolute Gasteiger partial charge is 0.203 e. The second kappa shape index (κ2) is 13.3. The molecule has 2 atom stereocenters. The number of carbonyl (C=O) groups excluding carboxylic acids is 1. The molecule has 0 amide bonds. The maximum atomic E-state index is 13.5. The summed E-state index contributed by atoms with van der Waals surface area (Å²) in [6.45, 7) is 0. The lowest BCUT2D eigenvalue weighted by Gasteiger charge is -2.17. The van der Waals surface area contributed by atoms with E-state index in [1.54, 1.807) is 47.7 Å². The van der Waals surface area contributed by atoms with E-state index in [0.717, 1.165) is 11.1 Å². The summed E-state index contributed by atoms with van der Waals surface area (Å²) in [4.78, 5) is 13.5. The molecule has 3 aromatic rings. The molecule has 1 fully saturated rings. The Kier molecular flexibility index (Phi) is 9.57. The van der Waals surface area contributed by atoms with Crippen molar-refractivity contribution >= 4 is 23.6 Å². The number of Topliss-reactive ketones (excluding diaryl/α,β-unsaturated/α-hetero) is 1. The standard InChI is InChI=1S/C32H37NO9/c1-35-23-12-11-19(10-9-18-13-24(36-2)30(40-6)25(14-18)37-3)28(32(23)42-8)33-22-17-21(22)29(34)20-15-26(38-4)31(41-7)27(16-20)39-5/h9-16,21-22,33H,17H2,1-8H3/b10-9-. The Morgan fingerprint density at radius 2 is 1.14 bits per heavy atom. The van der Waals surface area contributed by atoms with Crippen LogP contribution in [-0.4, -0.2) is 68.7 Å². The molecule has 4 rings (SSSR count). The Morgan fingerprint density at radius 1 is 0.643 bits per heavy atom. The van der Waals surface area contributed by atoms with E-state index in [2.05, 4.69) is 5.32 Å². The van der Waals surface area contributed by atoms with Crippen molar-refractivity contribution in [3.05, 3.63) is 53.1 Å². The van der Waals surface area contributed by atoms with Crippen molar-refractivity contribution in [2.45, 2.75) is 12.5 Å². The number of methoxy groups -OCH3 is 8. The van der Waals surface area contributed by atoms with Gasteiger partial charge in [0, 0.05) is 23.1 Å². The molecule has 224 valence electrons. The van der Waals surface area contributed by atoms with E-state index in [1.807, 2.05) is 36.4 Å². The van der Waals surface area contributed by atoms with Crippen LogP contribution in [0.5, 0.6) is 46.0 Å². The molecule has 0 radical (unpaired) electrons. The minimum absolute atomic E-state index is 0.0249. The number of rotatable bonds is 14. The lowest BCUT2D eigenvalue weighted by molar-refractivity contribution is 0.0965. The van der Waals surface area contributed by atoms with Crippen molar-refractivity contribution in [2.24, 2.45) is 5.92 Å². The van der Waals surface area contributed by atoms with E-state index >= 15 is 0 Å². The summed E-state index contributed by atoms with van der Waals surface area (Å²) in [5.74, 6) is 3.74. The molecule has 0 aromatic heterocycles. The predicted molar refractivity (Wildman–Crippen MR) is 161 cm³/mol. The molecular weight excluding hydrogens is 542 g/mol. The van der Waals surface area contributed by atoms with Gasteiger partial charge in [-0.05, 0) is 48.4 Å². The van der Waals surface area contributed by atoms with Gasteiger partial charge in [0.05, 0.1) is 62.6 Å². The van der Waals surface area contributed by atoms with Crippen LogP contribution in [0.25, 0.3) is 12.2 Å². The van der Waals surface area contributed by atoms with E-state index in [1.165, 1.54) is 21.3 Å². The number of hydrogen-bond donors (Lipinski definition) is 1. The van der Waals surface area contributed by atoms with Crippen molar-refractivity contribution in [3.8, 4) is 46.0 Å². The van der Waals surface area contributed by atoms with Crippen LogP contribution in [0.4, 0.5) is 5.69 Å². The molecule has 10 nitrogen and oxygen atoms in total. The maximum absolute atomic E-state index is 13.5.